The monoisotopic (exact) mass is 225 g/mol. The molecule has 0 aliphatic rings. The van der Waals surface area contributed by atoms with Gasteiger partial charge in [-0.2, -0.15) is 11.3 Å². The van der Waals surface area contributed by atoms with Gasteiger partial charge in [0.25, 0.3) is 0 Å². The van der Waals surface area contributed by atoms with Gasteiger partial charge in [-0.3, -0.25) is 0 Å². The second-order valence-corrected chi connectivity index (χ2v) is 4.85. The zero-order chi connectivity index (χ0) is 9.97. The van der Waals surface area contributed by atoms with Gasteiger partial charge in [0.05, 0.1) is 0 Å². The van der Waals surface area contributed by atoms with Crippen LogP contribution in [0.3, 0.4) is 0 Å². The van der Waals surface area contributed by atoms with Crippen LogP contribution in [-0.4, -0.2) is 10.1 Å². The summed E-state index contributed by atoms with van der Waals surface area (Å²) in [6.45, 7) is 1.94. The van der Waals surface area contributed by atoms with E-state index in [1.54, 1.807) is 11.3 Å². The Balaban J connectivity index is 2.06. The molecule has 2 aromatic rings. The third-order valence-electron chi connectivity index (χ3n) is 1.93. The number of aryl methyl sites for hydroxylation is 1. The van der Waals surface area contributed by atoms with Crippen molar-refractivity contribution in [1.29, 1.82) is 0 Å². The molecule has 0 aliphatic carbocycles. The van der Waals surface area contributed by atoms with Crippen LogP contribution in [0.1, 0.15) is 22.4 Å². The Morgan fingerprint density at radius 1 is 1.50 bits per heavy atom. The van der Waals surface area contributed by atoms with Crippen molar-refractivity contribution in [3.05, 3.63) is 38.5 Å². The first-order valence-corrected chi connectivity index (χ1v) is 6.19. The molecular formula is C10H11NOS2. The van der Waals surface area contributed by atoms with Crippen LogP contribution in [0.5, 0.6) is 0 Å². The molecule has 74 valence electrons. The van der Waals surface area contributed by atoms with Crippen LogP contribution in [0.25, 0.3) is 0 Å². The highest BCUT2D eigenvalue weighted by Crippen LogP contribution is 2.22. The van der Waals surface area contributed by atoms with Gasteiger partial charge in [0.1, 0.15) is 11.1 Å². The summed E-state index contributed by atoms with van der Waals surface area (Å²) >= 11 is 3.18. The third-order valence-corrected chi connectivity index (χ3v) is 3.73. The second-order valence-electron chi connectivity index (χ2n) is 3.18. The standard InChI is InChI=1S/C10H11NOS2/c1-7-5-14-10(11-7)9(12)4-8-2-3-13-6-8/h2-3,5-6,9,12H,4H2,1H3. The number of hydrogen-bond acceptors (Lipinski definition) is 4. The van der Waals surface area contributed by atoms with E-state index in [-0.39, 0.29) is 0 Å². The van der Waals surface area contributed by atoms with Crippen molar-refractivity contribution in [3.63, 3.8) is 0 Å². The Hall–Kier alpha value is -0.710. The first-order valence-electron chi connectivity index (χ1n) is 4.37. The van der Waals surface area contributed by atoms with E-state index < -0.39 is 6.10 Å². The lowest BCUT2D eigenvalue weighted by molar-refractivity contribution is 0.178. The van der Waals surface area contributed by atoms with E-state index in [0.717, 1.165) is 10.7 Å². The van der Waals surface area contributed by atoms with E-state index >= 15 is 0 Å². The maximum Gasteiger partial charge on any atom is 0.122 e. The molecular weight excluding hydrogens is 214 g/mol. The molecule has 1 atom stereocenters. The molecule has 0 bridgehead atoms. The topological polar surface area (TPSA) is 33.1 Å². The van der Waals surface area contributed by atoms with Crippen LogP contribution in [0.2, 0.25) is 0 Å². The lowest BCUT2D eigenvalue weighted by atomic mass is 10.1. The lowest BCUT2D eigenvalue weighted by Gasteiger charge is -2.04. The number of nitrogens with zero attached hydrogens (tertiary/aromatic N) is 1. The van der Waals surface area contributed by atoms with Crippen LogP contribution < -0.4 is 0 Å². The predicted octanol–water partition coefficient (Wildman–Crippen LogP) is 2.79. The van der Waals surface area contributed by atoms with Gasteiger partial charge in [-0.05, 0) is 29.3 Å². The van der Waals surface area contributed by atoms with Crippen molar-refractivity contribution >= 4 is 22.7 Å². The van der Waals surface area contributed by atoms with Gasteiger partial charge in [0, 0.05) is 17.5 Å². The van der Waals surface area contributed by atoms with E-state index in [1.807, 2.05) is 23.8 Å². The summed E-state index contributed by atoms with van der Waals surface area (Å²) in [5, 5.41) is 16.7. The third kappa shape index (κ3) is 2.20. The summed E-state index contributed by atoms with van der Waals surface area (Å²) in [7, 11) is 0. The Morgan fingerprint density at radius 2 is 2.36 bits per heavy atom. The summed E-state index contributed by atoms with van der Waals surface area (Å²) in [4.78, 5) is 4.26. The minimum atomic E-state index is -0.455. The normalized spacial score (nSPS) is 13.0. The Bertz CT molecular complexity index is 394. The van der Waals surface area contributed by atoms with Crippen molar-refractivity contribution < 1.29 is 5.11 Å². The highest BCUT2D eigenvalue weighted by molar-refractivity contribution is 7.09. The van der Waals surface area contributed by atoms with Gasteiger partial charge in [-0.15, -0.1) is 11.3 Å². The predicted molar refractivity (Wildman–Crippen MR) is 59.8 cm³/mol. The van der Waals surface area contributed by atoms with Crippen LogP contribution in [0.15, 0.2) is 22.2 Å². The molecule has 0 amide bonds. The quantitative estimate of drug-likeness (QED) is 0.871. The van der Waals surface area contributed by atoms with Gasteiger partial charge in [-0.1, -0.05) is 0 Å². The first-order chi connectivity index (χ1) is 6.75. The summed E-state index contributed by atoms with van der Waals surface area (Å²) in [6.07, 6.45) is 0.208. The van der Waals surface area contributed by atoms with E-state index in [2.05, 4.69) is 10.4 Å². The molecule has 2 aromatic heterocycles. The average molecular weight is 225 g/mol. The second kappa shape index (κ2) is 4.21. The molecule has 0 spiro atoms. The Labute approximate surface area is 90.9 Å². The van der Waals surface area contributed by atoms with Crippen molar-refractivity contribution in [2.75, 3.05) is 0 Å². The molecule has 0 fully saturated rings. The van der Waals surface area contributed by atoms with Gasteiger partial charge in [-0.25, -0.2) is 4.98 Å². The number of aliphatic hydroxyl groups excluding tert-OH is 1. The zero-order valence-corrected chi connectivity index (χ0v) is 9.44. The first kappa shape index (κ1) is 9.83. The summed E-state index contributed by atoms with van der Waals surface area (Å²) in [5.41, 5.74) is 2.16. The number of hydrogen-bond donors (Lipinski definition) is 1. The maximum atomic E-state index is 9.86. The van der Waals surface area contributed by atoms with Gasteiger partial charge in [0.2, 0.25) is 0 Å². The highest BCUT2D eigenvalue weighted by atomic mass is 32.1. The fourth-order valence-corrected chi connectivity index (χ4v) is 2.71. The molecule has 4 heteroatoms. The minimum absolute atomic E-state index is 0.455. The lowest BCUT2D eigenvalue weighted by Crippen LogP contribution is -2.00. The van der Waals surface area contributed by atoms with Crippen LogP contribution >= 0.6 is 22.7 Å². The van der Waals surface area contributed by atoms with Crippen molar-refractivity contribution in [2.24, 2.45) is 0 Å². The Morgan fingerprint density at radius 3 is 2.93 bits per heavy atom. The van der Waals surface area contributed by atoms with Crippen LogP contribution in [-0.2, 0) is 6.42 Å². The summed E-state index contributed by atoms with van der Waals surface area (Å²) < 4.78 is 0. The van der Waals surface area contributed by atoms with E-state index in [0.29, 0.717) is 6.42 Å². The van der Waals surface area contributed by atoms with Crippen molar-refractivity contribution in [3.8, 4) is 0 Å². The molecule has 0 radical (unpaired) electrons. The summed E-state index contributed by atoms with van der Waals surface area (Å²) in [6, 6.07) is 2.04. The minimum Gasteiger partial charge on any atom is -0.386 e. The molecule has 0 saturated carbocycles. The Kier molecular flexibility index (Phi) is 2.96. The number of thiophene rings is 1. The van der Waals surface area contributed by atoms with Crippen LogP contribution in [0, 0.1) is 6.92 Å². The molecule has 2 rings (SSSR count). The van der Waals surface area contributed by atoms with E-state index in [4.69, 9.17) is 0 Å². The molecule has 0 aliphatic heterocycles. The van der Waals surface area contributed by atoms with Gasteiger partial charge < -0.3 is 5.11 Å². The van der Waals surface area contributed by atoms with Gasteiger partial charge in [0.15, 0.2) is 0 Å². The largest absolute Gasteiger partial charge is 0.386 e. The molecule has 2 nitrogen and oxygen atoms in total. The summed E-state index contributed by atoms with van der Waals surface area (Å²) in [5.74, 6) is 0. The van der Waals surface area contributed by atoms with E-state index in [1.165, 1.54) is 16.9 Å². The molecule has 14 heavy (non-hydrogen) atoms. The molecule has 1 unspecified atom stereocenters. The van der Waals surface area contributed by atoms with E-state index in [9.17, 15) is 5.11 Å². The van der Waals surface area contributed by atoms with Crippen LogP contribution in [0.4, 0.5) is 0 Å². The van der Waals surface area contributed by atoms with Crippen molar-refractivity contribution in [2.45, 2.75) is 19.4 Å². The average Bonchev–Trinajstić information content (AvgIpc) is 2.75. The number of thiazole rings is 1. The number of aromatic nitrogens is 1. The number of aliphatic hydroxyl groups is 1. The fraction of sp³-hybridized carbons (Fsp3) is 0.300. The molecule has 1 N–H and O–H groups in total. The zero-order valence-electron chi connectivity index (χ0n) is 7.80. The fourth-order valence-electron chi connectivity index (χ4n) is 1.24. The number of rotatable bonds is 3. The maximum absolute atomic E-state index is 9.86. The SMILES string of the molecule is Cc1csc(C(O)Cc2ccsc2)n1. The molecule has 2 heterocycles. The van der Waals surface area contributed by atoms with Crippen molar-refractivity contribution in [1.82, 2.24) is 4.98 Å². The molecule has 0 aromatic carbocycles. The highest BCUT2D eigenvalue weighted by Gasteiger charge is 2.12. The van der Waals surface area contributed by atoms with Gasteiger partial charge >= 0.3 is 0 Å². The molecule has 0 saturated heterocycles. The smallest absolute Gasteiger partial charge is 0.122 e.